The van der Waals surface area contributed by atoms with Crippen LogP contribution in [0.15, 0.2) is 29.4 Å². The number of aldehydes is 1. The Hall–Kier alpha value is -2.24. The maximum atomic E-state index is 10.5. The molecule has 0 amide bonds. The molecule has 6 nitrogen and oxygen atoms in total. The van der Waals surface area contributed by atoms with Gasteiger partial charge in [0, 0.05) is 6.07 Å². The van der Waals surface area contributed by atoms with Crippen LogP contribution in [0.3, 0.4) is 0 Å². The molecular weight excluding hydrogens is 186 g/mol. The molecule has 0 aliphatic rings. The summed E-state index contributed by atoms with van der Waals surface area (Å²) >= 11 is 0. The van der Waals surface area contributed by atoms with Gasteiger partial charge in [0.25, 0.3) is 5.69 Å². The van der Waals surface area contributed by atoms with Crippen LogP contribution in [-0.4, -0.2) is 17.4 Å². The molecule has 14 heavy (non-hydrogen) atoms. The molecular formula is C8H7N3O3. The van der Waals surface area contributed by atoms with E-state index in [9.17, 15) is 14.9 Å². The molecule has 0 bridgehead atoms. The Morgan fingerprint density at radius 1 is 1.43 bits per heavy atom. The number of hydrogen-bond donors (Lipinski definition) is 1. The minimum absolute atomic E-state index is 0.0875. The van der Waals surface area contributed by atoms with E-state index in [1.807, 2.05) is 0 Å². The molecule has 0 unspecified atom stereocenters. The van der Waals surface area contributed by atoms with Crippen LogP contribution in [0, 0.1) is 10.1 Å². The molecule has 0 saturated carbocycles. The molecule has 1 aromatic carbocycles. The van der Waals surface area contributed by atoms with Crippen molar-refractivity contribution >= 4 is 23.9 Å². The van der Waals surface area contributed by atoms with E-state index in [2.05, 4.69) is 10.5 Å². The normalized spacial score (nSPS) is 10.0. The number of nitro groups is 1. The van der Waals surface area contributed by atoms with Gasteiger partial charge in [-0.15, -0.1) is 0 Å². The number of hydrazone groups is 1. The summed E-state index contributed by atoms with van der Waals surface area (Å²) in [6.07, 6.45) is 1.44. The monoisotopic (exact) mass is 193 g/mol. The first-order valence-electron chi connectivity index (χ1n) is 3.72. The highest BCUT2D eigenvalue weighted by molar-refractivity contribution is 6.13. The molecule has 0 aromatic heterocycles. The Labute approximate surface area is 79.4 Å². The third-order valence-electron chi connectivity index (χ3n) is 1.42. The number of carbonyl (C=O) groups excluding carboxylic acids is 1. The molecule has 0 heterocycles. The van der Waals surface area contributed by atoms with Gasteiger partial charge in [-0.3, -0.25) is 20.3 Å². The van der Waals surface area contributed by atoms with Crippen molar-refractivity contribution in [3.63, 3.8) is 0 Å². The lowest BCUT2D eigenvalue weighted by Crippen LogP contribution is -1.96. The zero-order valence-corrected chi connectivity index (χ0v) is 7.08. The van der Waals surface area contributed by atoms with Crippen molar-refractivity contribution in [3.05, 3.63) is 34.4 Å². The second kappa shape index (κ2) is 4.70. The van der Waals surface area contributed by atoms with E-state index in [0.717, 1.165) is 6.21 Å². The SMILES string of the molecule is O=C/C=N/Nc1ccccc1[N+](=O)[O-]. The first kappa shape index (κ1) is 9.85. The number of benzene rings is 1. The van der Waals surface area contributed by atoms with E-state index in [1.54, 1.807) is 12.1 Å². The zero-order valence-electron chi connectivity index (χ0n) is 7.08. The largest absolute Gasteiger partial charge is 0.297 e. The Balaban J connectivity index is 2.89. The van der Waals surface area contributed by atoms with Gasteiger partial charge in [0.1, 0.15) is 5.69 Å². The van der Waals surface area contributed by atoms with Gasteiger partial charge < -0.3 is 0 Å². The summed E-state index contributed by atoms with van der Waals surface area (Å²) in [5.41, 5.74) is 2.55. The highest BCUT2D eigenvalue weighted by Gasteiger charge is 2.10. The molecule has 0 atom stereocenters. The number of nitro benzene ring substituents is 1. The number of carbonyl (C=O) groups is 1. The van der Waals surface area contributed by atoms with Gasteiger partial charge in [-0.2, -0.15) is 5.10 Å². The lowest BCUT2D eigenvalue weighted by Gasteiger charge is -1.99. The van der Waals surface area contributed by atoms with Crippen LogP contribution in [0.25, 0.3) is 0 Å². The second-order valence-electron chi connectivity index (χ2n) is 2.30. The summed E-state index contributed by atoms with van der Waals surface area (Å²) in [6.45, 7) is 0. The first-order valence-corrected chi connectivity index (χ1v) is 3.72. The zero-order chi connectivity index (χ0) is 10.4. The van der Waals surface area contributed by atoms with Crippen molar-refractivity contribution in [2.75, 3.05) is 5.43 Å². The van der Waals surface area contributed by atoms with Gasteiger partial charge in [-0.25, -0.2) is 0 Å². The Kier molecular flexibility index (Phi) is 3.31. The van der Waals surface area contributed by atoms with Crippen LogP contribution in [-0.2, 0) is 4.79 Å². The number of nitrogens with one attached hydrogen (secondary N) is 1. The molecule has 1 rings (SSSR count). The van der Waals surface area contributed by atoms with E-state index in [4.69, 9.17) is 0 Å². The number of hydrogen-bond acceptors (Lipinski definition) is 5. The summed E-state index contributed by atoms with van der Waals surface area (Å²) in [4.78, 5) is 19.9. The lowest BCUT2D eigenvalue weighted by atomic mass is 10.3. The fourth-order valence-electron chi connectivity index (χ4n) is 0.865. The molecule has 0 fully saturated rings. The van der Waals surface area contributed by atoms with Crippen LogP contribution in [0.2, 0.25) is 0 Å². The Bertz CT molecular complexity index is 376. The minimum atomic E-state index is -0.529. The van der Waals surface area contributed by atoms with E-state index >= 15 is 0 Å². The van der Waals surface area contributed by atoms with Gasteiger partial charge in [0.15, 0.2) is 6.29 Å². The average molecular weight is 193 g/mol. The van der Waals surface area contributed by atoms with Crippen LogP contribution in [0.1, 0.15) is 0 Å². The number of para-hydroxylation sites is 2. The smallest absolute Gasteiger partial charge is 0.294 e. The summed E-state index contributed by atoms with van der Waals surface area (Å²) in [7, 11) is 0. The standard InChI is InChI=1S/C8H7N3O3/c12-6-5-9-10-7-3-1-2-4-8(7)11(13)14/h1-6,10H/b9-5+. The predicted octanol–water partition coefficient (Wildman–Crippen LogP) is 1.19. The van der Waals surface area contributed by atoms with Crippen molar-refractivity contribution in [3.8, 4) is 0 Å². The Morgan fingerprint density at radius 3 is 2.79 bits per heavy atom. The molecule has 0 spiro atoms. The summed E-state index contributed by atoms with van der Waals surface area (Å²) in [5, 5.41) is 14.0. The van der Waals surface area contributed by atoms with Gasteiger partial charge >= 0.3 is 0 Å². The Morgan fingerprint density at radius 2 is 2.14 bits per heavy atom. The molecule has 0 saturated heterocycles. The highest BCUT2D eigenvalue weighted by Crippen LogP contribution is 2.22. The third-order valence-corrected chi connectivity index (χ3v) is 1.42. The van der Waals surface area contributed by atoms with Crippen LogP contribution in [0.5, 0.6) is 0 Å². The second-order valence-corrected chi connectivity index (χ2v) is 2.30. The van der Waals surface area contributed by atoms with Gasteiger partial charge in [-0.1, -0.05) is 12.1 Å². The molecule has 72 valence electrons. The van der Waals surface area contributed by atoms with Gasteiger partial charge in [0.05, 0.1) is 11.1 Å². The molecule has 0 radical (unpaired) electrons. The van der Waals surface area contributed by atoms with Crippen LogP contribution in [0.4, 0.5) is 11.4 Å². The van der Waals surface area contributed by atoms with Gasteiger partial charge in [-0.05, 0) is 6.07 Å². The lowest BCUT2D eigenvalue weighted by molar-refractivity contribution is -0.384. The van der Waals surface area contributed by atoms with Gasteiger partial charge in [0.2, 0.25) is 0 Å². The predicted molar refractivity (Wildman–Crippen MR) is 51.3 cm³/mol. The number of rotatable bonds is 4. The maximum Gasteiger partial charge on any atom is 0.294 e. The van der Waals surface area contributed by atoms with E-state index < -0.39 is 4.92 Å². The number of nitrogens with zero attached hydrogens (tertiary/aromatic N) is 2. The van der Waals surface area contributed by atoms with Crippen molar-refractivity contribution < 1.29 is 9.72 Å². The van der Waals surface area contributed by atoms with E-state index in [-0.39, 0.29) is 11.4 Å². The average Bonchev–Trinajstić information content (AvgIpc) is 2.19. The molecule has 1 N–H and O–H groups in total. The molecule has 0 aliphatic carbocycles. The van der Waals surface area contributed by atoms with Crippen molar-refractivity contribution in [1.29, 1.82) is 0 Å². The maximum absolute atomic E-state index is 10.5. The highest BCUT2D eigenvalue weighted by atomic mass is 16.6. The minimum Gasteiger partial charge on any atom is -0.297 e. The molecule has 0 aliphatic heterocycles. The fraction of sp³-hybridized carbons (Fsp3) is 0. The third kappa shape index (κ3) is 2.37. The van der Waals surface area contributed by atoms with Crippen LogP contribution < -0.4 is 5.43 Å². The van der Waals surface area contributed by atoms with Crippen molar-refractivity contribution in [2.45, 2.75) is 0 Å². The molecule has 1 aromatic rings. The molecule has 6 heteroatoms. The quantitative estimate of drug-likeness (QED) is 0.337. The van der Waals surface area contributed by atoms with E-state index in [1.165, 1.54) is 12.1 Å². The summed E-state index contributed by atoms with van der Waals surface area (Å²) in [6, 6.07) is 6.03. The fourth-order valence-corrected chi connectivity index (χ4v) is 0.865. The van der Waals surface area contributed by atoms with Crippen molar-refractivity contribution in [1.82, 2.24) is 0 Å². The number of anilines is 1. The first-order chi connectivity index (χ1) is 6.75. The summed E-state index contributed by atoms with van der Waals surface area (Å²) < 4.78 is 0. The topological polar surface area (TPSA) is 84.6 Å². The van der Waals surface area contributed by atoms with Crippen LogP contribution >= 0.6 is 0 Å². The van der Waals surface area contributed by atoms with Crippen molar-refractivity contribution in [2.24, 2.45) is 5.10 Å². The van der Waals surface area contributed by atoms with E-state index in [0.29, 0.717) is 6.29 Å². The summed E-state index contributed by atoms with van der Waals surface area (Å²) in [5.74, 6) is 0.